The Bertz CT molecular complexity index is 935. The van der Waals surface area contributed by atoms with Crippen molar-refractivity contribution in [1.29, 1.82) is 0 Å². The van der Waals surface area contributed by atoms with E-state index in [-0.39, 0.29) is 23.8 Å². The lowest BCUT2D eigenvalue weighted by molar-refractivity contribution is -0.134. The molecule has 0 aliphatic heterocycles. The SMILES string of the molecule is CCCCC(=O)N(CCCC)CC(=O)Nc1cc(C(C)(C)C)nn1-c1ccc(Cl)c(Cl)c1. The van der Waals surface area contributed by atoms with Crippen molar-refractivity contribution >= 4 is 40.8 Å². The molecule has 2 amide bonds. The summed E-state index contributed by atoms with van der Waals surface area (Å²) in [6.07, 6.45) is 4.04. The van der Waals surface area contributed by atoms with Gasteiger partial charge in [-0.2, -0.15) is 5.10 Å². The molecule has 0 aliphatic carbocycles. The first-order valence-corrected chi connectivity index (χ1v) is 12.0. The van der Waals surface area contributed by atoms with E-state index >= 15 is 0 Å². The third-order valence-corrected chi connectivity index (χ3v) is 5.85. The molecule has 1 heterocycles. The topological polar surface area (TPSA) is 67.2 Å². The quantitative estimate of drug-likeness (QED) is 0.437. The molecule has 2 rings (SSSR count). The van der Waals surface area contributed by atoms with E-state index < -0.39 is 0 Å². The van der Waals surface area contributed by atoms with Crippen LogP contribution in [0.3, 0.4) is 0 Å². The largest absolute Gasteiger partial charge is 0.333 e. The first-order valence-electron chi connectivity index (χ1n) is 11.2. The van der Waals surface area contributed by atoms with E-state index in [1.54, 1.807) is 27.8 Å². The normalized spacial score (nSPS) is 11.5. The Morgan fingerprint density at radius 1 is 1.06 bits per heavy atom. The molecule has 0 fully saturated rings. The number of amides is 2. The molecule has 0 bridgehead atoms. The zero-order valence-corrected chi connectivity index (χ0v) is 21.2. The molecule has 32 heavy (non-hydrogen) atoms. The van der Waals surface area contributed by atoms with Gasteiger partial charge >= 0.3 is 0 Å². The van der Waals surface area contributed by atoms with Crippen LogP contribution in [0.15, 0.2) is 24.3 Å². The summed E-state index contributed by atoms with van der Waals surface area (Å²) < 4.78 is 1.65. The van der Waals surface area contributed by atoms with E-state index in [1.165, 1.54) is 0 Å². The smallest absolute Gasteiger partial charge is 0.245 e. The molecule has 176 valence electrons. The van der Waals surface area contributed by atoms with Crippen molar-refractivity contribution in [1.82, 2.24) is 14.7 Å². The number of hydrogen-bond acceptors (Lipinski definition) is 3. The predicted octanol–water partition coefficient (Wildman–Crippen LogP) is 6.23. The average Bonchev–Trinajstić information content (AvgIpc) is 3.15. The van der Waals surface area contributed by atoms with Gasteiger partial charge in [0.1, 0.15) is 5.82 Å². The molecule has 2 aromatic rings. The van der Waals surface area contributed by atoms with Crippen molar-refractivity contribution in [3.8, 4) is 5.69 Å². The fourth-order valence-corrected chi connectivity index (χ4v) is 3.43. The standard InChI is InChI=1S/C24H34Cl2N4O2/c1-6-8-10-23(32)29(13-9-7-2)16-22(31)27-21-15-20(24(3,4)5)28-30(21)17-11-12-18(25)19(26)14-17/h11-12,14-15H,6-10,13,16H2,1-5H3,(H,27,31). The second-order valence-electron chi connectivity index (χ2n) is 9.00. The van der Waals surface area contributed by atoms with Gasteiger partial charge in [0.05, 0.1) is 28.0 Å². The number of hydrogen-bond donors (Lipinski definition) is 1. The van der Waals surface area contributed by atoms with Gasteiger partial charge in [0.2, 0.25) is 11.8 Å². The van der Waals surface area contributed by atoms with Crippen LogP contribution in [0, 0.1) is 0 Å². The molecular weight excluding hydrogens is 447 g/mol. The summed E-state index contributed by atoms with van der Waals surface area (Å²) in [7, 11) is 0. The molecule has 1 N–H and O–H groups in total. The van der Waals surface area contributed by atoms with Gasteiger partial charge in [0.15, 0.2) is 0 Å². The van der Waals surface area contributed by atoms with Gasteiger partial charge in [-0.05, 0) is 31.0 Å². The van der Waals surface area contributed by atoms with Crippen molar-refractivity contribution in [2.75, 3.05) is 18.4 Å². The maximum Gasteiger partial charge on any atom is 0.245 e. The molecule has 0 spiro atoms. The predicted molar refractivity (Wildman–Crippen MR) is 132 cm³/mol. The number of unbranched alkanes of at least 4 members (excludes halogenated alkanes) is 2. The Balaban J connectivity index is 2.28. The van der Waals surface area contributed by atoms with Crippen molar-refractivity contribution in [3.05, 3.63) is 40.0 Å². The fourth-order valence-electron chi connectivity index (χ4n) is 3.13. The number of nitrogens with one attached hydrogen (secondary N) is 1. The van der Waals surface area contributed by atoms with Gasteiger partial charge in [0.25, 0.3) is 0 Å². The molecule has 8 heteroatoms. The first-order chi connectivity index (χ1) is 15.1. The minimum absolute atomic E-state index is 0.0138. The van der Waals surface area contributed by atoms with Crippen molar-refractivity contribution in [2.45, 2.75) is 72.1 Å². The van der Waals surface area contributed by atoms with Gasteiger partial charge in [-0.25, -0.2) is 4.68 Å². The fraction of sp³-hybridized carbons (Fsp3) is 0.542. The lowest BCUT2D eigenvalue weighted by Crippen LogP contribution is -2.38. The molecule has 0 radical (unpaired) electrons. The summed E-state index contributed by atoms with van der Waals surface area (Å²) >= 11 is 12.3. The zero-order valence-electron chi connectivity index (χ0n) is 19.7. The molecule has 0 saturated carbocycles. The number of carbonyl (C=O) groups excluding carboxylic acids is 2. The Morgan fingerprint density at radius 3 is 2.34 bits per heavy atom. The van der Waals surface area contributed by atoms with Crippen LogP contribution in [0.5, 0.6) is 0 Å². The molecule has 1 aromatic heterocycles. The van der Waals surface area contributed by atoms with Gasteiger partial charge < -0.3 is 10.2 Å². The third-order valence-electron chi connectivity index (χ3n) is 5.11. The summed E-state index contributed by atoms with van der Waals surface area (Å²) in [5.41, 5.74) is 1.29. The summed E-state index contributed by atoms with van der Waals surface area (Å²) in [4.78, 5) is 27.2. The minimum atomic E-state index is -0.257. The number of nitrogens with zero attached hydrogens (tertiary/aromatic N) is 3. The highest BCUT2D eigenvalue weighted by Crippen LogP contribution is 2.29. The Kier molecular flexibility index (Phi) is 9.59. The second-order valence-corrected chi connectivity index (χ2v) is 9.81. The lowest BCUT2D eigenvalue weighted by Gasteiger charge is -2.22. The van der Waals surface area contributed by atoms with Crippen molar-refractivity contribution < 1.29 is 9.59 Å². The highest BCUT2D eigenvalue weighted by atomic mass is 35.5. The molecule has 0 unspecified atom stereocenters. The molecule has 0 saturated heterocycles. The van der Waals surface area contributed by atoms with Gasteiger partial charge in [0, 0.05) is 24.4 Å². The molecule has 0 atom stereocenters. The van der Waals surface area contributed by atoms with E-state index in [0.717, 1.165) is 31.4 Å². The van der Waals surface area contributed by atoms with Crippen LogP contribution in [0.2, 0.25) is 10.0 Å². The number of benzene rings is 1. The first kappa shape index (κ1) is 26.2. The zero-order chi connectivity index (χ0) is 23.9. The van der Waals surface area contributed by atoms with Gasteiger partial charge in [-0.1, -0.05) is 70.7 Å². The molecule has 6 nitrogen and oxygen atoms in total. The lowest BCUT2D eigenvalue weighted by atomic mass is 9.92. The van der Waals surface area contributed by atoms with Crippen molar-refractivity contribution in [3.63, 3.8) is 0 Å². The number of carbonyl (C=O) groups is 2. The second kappa shape index (κ2) is 11.7. The highest BCUT2D eigenvalue weighted by Gasteiger charge is 2.23. The average molecular weight is 481 g/mol. The number of anilines is 1. The van der Waals surface area contributed by atoms with E-state index in [2.05, 4.69) is 33.0 Å². The van der Waals surface area contributed by atoms with Crippen LogP contribution in [-0.4, -0.2) is 39.6 Å². The van der Waals surface area contributed by atoms with Crippen LogP contribution in [0.25, 0.3) is 5.69 Å². The minimum Gasteiger partial charge on any atom is -0.333 e. The van der Waals surface area contributed by atoms with Crippen LogP contribution in [0.4, 0.5) is 5.82 Å². The van der Waals surface area contributed by atoms with Crippen LogP contribution >= 0.6 is 23.2 Å². The number of halogens is 2. The Hall–Kier alpha value is -2.05. The third kappa shape index (κ3) is 7.24. The number of aromatic nitrogens is 2. The van der Waals surface area contributed by atoms with E-state index in [4.69, 9.17) is 28.3 Å². The maximum absolute atomic E-state index is 12.9. The maximum atomic E-state index is 12.9. The Labute approximate surface area is 201 Å². The van der Waals surface area contributed by atoms with Gasteiger partial charge in [-0.3, -0.25) is 9.59 Å². The monoisotopic (exact) mass is 480 g/mol. The van der Waals surface area contributed by atoms with E-state index in [1.807, 2.05) is 13.0 Å². The van der Waals surface area contributed by atoms with Crippen molar-refractivity contribution in [2.24, 2.45) is 0 Å². The summed E-state index contributed by atoms with van der Waals surface area (Å²) in [6.45, 7) is 10.9. The van der Waals surface area contributed by atoms with Crippen LogP contribution in [0.1, 0.15) is 72.4 Å². The van der Waals surface area contributed by atoms with Gasteiger partial charge in [-0.15, -0.1) is 0 Å². The summed E-state index contributed by atoms with van der Waals surface area (Å²) in [5, 5.41) is 8.49. The molecular formula is C24H34Cl2N4O2. The van der Waals surface area contributed by atoms with E-state index in [0.29, 0.717) is 34.5 Å². The summed E-state index contributed by atoms with van der Waals surface area (Å²) in [6, 6.07) is 7.06. The highest BCUT2D eigenvalue weighted by molar-refractivity contribution is 6.42. The Morgan fingerprint density at radius 2 is 1.75 bits per heavy atom. The van der Waals surface area contributed by atoms with Crippen LogP contribution in [-0.2, 0) is 15.0 Å². The van der Waals surface area contributed by atoms with Crippen LogP contribution < -0.4 is 5.32 Å². The molecule has 0 aliphatic rings. The number of rotatable bonds is 10. The molecule has 1 aromatic carbocycles. The summed E-state index contributed by atoms with van der Waals surface area (Å²) in [5.74, 6) is 0.284. The van der Waals surface area contributed by atoms with E-state index in [9.17, 15) is 9.59 Å².